The van der Waals surface area contributed by atoms with Crippen LogP contribution in [-0.2, 0) is 25.4 Å². The molecule has 1 aromatic carbocycles. The fourth-order valence-electron chi connectivity index (χ4n) is 4.36. The van der Waals surface area contributed by atoms with Gasteiger partial charge in [-0.3, -0.25) is 23.2 Å². The molecule has 1 saturated heterocycles. The van der Waals surface area contributed by atoms with Crippen molar-refractivity contribution in [2.75, 3.05) is 32.8 Å². The van der Waals surface area contributed by atoms with Crippen LogP contribution < -0.4 is 11.2 Å². The van der Waals surface area contributed by atoms with E-state index in [0.29, 0.717) is 16.9 Å². The van der Waals surface area contributed by atoms with Crippen LogP contribution in [-0.4, -0.2) is 60.8 Å². The van der Waals surface area contributed by atoms with E-state index in [1.54, 1.807) is 7.05 Å². The number of morpholine rings is 1. The molecule has 0 saturated carbocycles. The van der Waals surface area contributed by atoms with Gasteiger partial charge in [0, 0.05) is 50.9 Å². The molecule has 0 amide bonds. The summed E-state index contributed by atoms with van der Waals surface area (Å²) in [5, 5.41) is 0. The number of rotatable bonds is 5. The number of ether oxygens (including phenoxy) is 1. The van der Waals surface area contributed by atoms with Crippen molar-refractivity contribution in [3.8, 4) is 11.3 Å². The van der Waals surface area contributed by atoms with Crippen LogP contribution in [0.25, 0.3) is 28.2 Å². The minimum atomic E-state index is -0.379. The van der Waals surface area contributed by atoms with Crippen molar-refractivity contribution in [3.63, 3.8) is 0 Å². The summed E-state index contributed by atoms with van der Waals surface area (Å²) in [6, 6.07) is 8.11. The molecule has 168 valence electrons. The van der Waals surface area contributed by atoms with Crippen LogP contribution in [0, 0.1) is 0 Å². The number of fused-ring (bicyclic) bond motifs is 3. The Hall–Kier alpha value is -2.69. The molecule has 0 spiro atoms. The Morgan fingerprint density at radius 3 is 2.47 bits per heavy atom. The molecule has 9 nitrogen and oxygen atoms in total. The van der Waals surface area contributed by atoms with E-state index in [0.717, 1.165) is 66.1 Å². The third-order valence-electron chi connectivity index (χ3n) is 6.16. The Morgan fingerprint density at radius 2 is 1.75 bits per heavy atom. The molecule has 5 rings (SSSR count). The normalized spacial score (nSPS) is 15.2. The molecule has 0 N–H and O–H groups in total. The number of hydrogen-bond acceptors (Lipinski definition) is 5. The quantitative estimate of drug-likeness (QED) is 0.417. The van der Waals surface area contributed by atoms with Crippen LogP contribution in [0.5, 0.6) is 0 Å². The summed E-state index contributed by atoms with van der Waals surface area (Å²) >= 11 is 3.50. The zero-order chi connectivity index (χ0) is 22.4. The first-order valence-corrected chi connectivity index (χ1v) is 11.5. The first-order valence-electron chi connectivity index (χ1n) is 10.7. The monoisotopic (exact) mass is 500 g/mol. The van der Waals surface area contributed by atoms with Crippen molar-refractivity contribution in [1.82, 2.24) is 28.0 Å². The van der Waals surface area contributed by atoms with Crippen LogP contribution >= 0.6 is 15.9 Å². The maximum Gasteiger partial charge on any atom is 0.332 e. The Balaban J connectivity index is 1.63. The molecule has 3 aromatic heterocycles. The summed E-state index contributed by atoms with van der Waals surface area (Å²) in [6.45, 7) is 5.17. The molecule has 0 bridgehead atoms. The van der Waals surface area contributed by atoms with E-state index in [2.05, 4.69) is 25.4 Å². The molecular weight excluding hydrogens is 476 g/mol. The van der Waals surface area contributed by atoms with Gasteiger partial charge in [0.15, 0.2) is 11.2 Å². The van der Waals surface area contributed by atoms with E-state index < -0.39 is 0 Å². The van der Waals surface area contributed by atoms with Crippen molar-refractivity contribution >= 4 is 32.9 Å². The first-order chi connectivity index (χ1) is 15.5. The van der Waals surface area contributed by atoms with E-state index in [-0.39, 0.29) is 11.2 Å². The highest BCUT2D eigenvalue weighted by Crippen LogP contribution is 2.27. The summed E-state index contributed by atoms with van der Waals surface area (Å²) in [5.41, 5.74) is 2.12. The lowest BCUT2D eigenvalue weighted by Gasteiger charge is -2.26. The Kier molecular flexibility index (Phi) is 5.52. The van der Waals surface area contributed by atoms with Crippen molar-refractivity contribution in [2.45, 2.75) is 13.0 Å². The van der Waals surface area contributed by atoms with E-state index in [4.69, 9.17) is 9.72 Å². The third kappa shape index (κ3) is 3.52. The number of benzene rings is 1. The second kappa shape index (κ2) is 8.34. The van der Waals surface area contributed by atoms with Crippen molar-refractivity contribution < 1.29 is 4.74 Å². The van der Waals surface area contributed by atoms with E-state index in [1.807, 2.05) is 34.9 Å². The molecule has 32 heavy (non-hydrogen) atoms. The lowest BCUT2D eigenvalue weighted by molar-refractivity contribution is 0.0370. The fraction of sp³-hybridized carbons (Fsp3) is 0.409. The topological polar surface area (TPSA) is 78.7 Å². The lowest BCUT2D eigenvalue weighted by atomic mass is 10.1. The van der Waals surface area contributed by atoms with Crippen LogP contribution in [0.15, 0.2) is 44.5 Å². The molecule has 4 aromatic rings. The second-order valence-corrected chi connectivity index (χ2v) is 9.06. The van der Waals surface area contributed by atoms with Gasteiger partial charge in [-0.05, 0) is 24.1 Å². The van der Waals surface area contributed by atoms with Crippen LogP contribution in [0.1, 0.15) is 6.42 Å². The minimum Gasteiger partial charge on any atom is -0.379 e. The van der Waals surface area contributed by atoms with Gasteiger partial charge in [0.25, 0.3) is 5.56 Å². The summed E-state index contributed by atoms with van der Waals surface area (Å²) in [5.74, 6) is 0.665. The van der Waals surface area contributed by atoms with Crippen molar-refractivity contribution in [2.24, 2.45) is 14.1 Å². The SMILES string of the molecule is Cn1c(=O)c2c(nc3n(CCCN4CCOCC4)c(-c4ccc(Br)cc4)cn23)n(C)c1=O. The number of nitrogens with zero attached hydrogens (tertiary/aromatic N) is 6. The fourth-order valence-corrected chi connectivity index (χ4v) is 4.63. The number of hydrogen-bond donors (Lipinski definition) is 0. The first kappa shape index (κ1) is 21.2. The van der Waals surface area contributed by atoms with Gasteiger partial charge >= 0.3 is 5.69 Å². The predicted molar refractivity (Wildman–Crippen MR) is 126 cm³/mol. The van der Waals surface area contributed by atoms with Crippen LogP contribution in [0.3, 0.4) is 0 Å². The Labute approximate surface area is 192 Å². The predicted octanol–water partition coefficient (Wildman–Crippen LogP) is 1.84. The maximum absolute atomic E-state index is 13.0. The summed E-state index contributed by atoms with van der Waals surface area (Å²) in [6.07, 6.45) is 2.89. The van der Waals surface area contributed by atoms with E-state index in [1.165, 1.54) is 11.6 Å². The number of aromatic nitrogens is 5. The van der Waals surface area contributed by atoms with Crippen LogP contribution in [0.2, 0.25) is 0 Å². The molecule has 4 heterocycles. The number of aryl methyl sites for hydroxylation is 2. The molecule has 0 radical (unpaired) electrons. The zero-order valence-corrected chi connectivity index (χ0v) is 19.7. The van der Waals surface area contributed by atoms with E-state index >= 15 is 0 Å². The molecule has 0 atom stereocenters. The maximum atomic E-state index is 13.0. The van der Waals surface area contributed by atoms with Crippen LogP contribution in [0.4, 0.5) is 0 Å². The Bertz CT molecular complexity index is 1410. The molecule has 1 aliphatic heterocycles. The standard InChI is InChI=1S/C22H25BrN6O3/c1-25-19-18(20(30)26(2)22(25)31)29-14-17(15-4-6-16(23)7-5-15)28(21(29)24-19)9-3-8-27-10-12-32-13-11-27/h4-7,14H,3,8-13H2,1-2H3. The lowest BCUT2D eigenvalue weighted by Crippen LogP contribution is -2.37. The number of imidazole rings is 2. The highest BCUT2D eigenvalue weighted by molar-refractivity contribution is 9.10. The summed E-state index contributed by atoms with van der Waals surface area (Å²) in [7, 11) is 3.15. The number of halogens is 1. The van der Waals surface area contributed by atoms with E-state index in [9.17, 15) is 9.59 Å². The van der Waals surface area contributed by atoms with Gasteiger partial charge in [-0.15, -0.1) is 0 Å². The summed E-state index contributed by atoms with van der Waals surface area (Å²) in [4.78, 5) is 32.5. The van der Waals surface area contributed by atoms with Gasteiger partial charge < -0.3 is 9.30 Å². The average Bonchev–Trinajstić information content (AvgIpc) is 3.34. The average molecular weight is 501 g/mol. The van der Waals surface area contributed by atoms with Gasteiger partial charge in [0.1, 0.15) is 0 Å². The second-order valence-electron chi connectivity index (χ2n) is 8.14. The van der Waals surface area contributed by atoms with Crippen molar-refractivity contribution in [1.29, 1.82) is 0 Å². The minimum absolute atomic E-state index is 0.344. The molecule has 0 aliphatic carbocycles. The molecule has 0 unspecified atom stereocenters. The van der Waals surface area contributed by atoms with Crippen molar-refractivity contribution in [3.05, 3.63) is 55.8 Å². The third-order valence-corrected chi connectivity index (χ3v) is 6.68. The zero-order valence-electron chi connectivity index (χ0n) is 18.1. The van der Waals surface area contributed by atoms with Gasteiger partial charge in [-0.25, -0.2) is 4.79 Å². The van der Waals surface area contributed by atoms with Gasteiger partial charge in [-0.1, -0.05) is 28.1 Å². The molecule has 1 fully saturated rings. The smallest absolute Gasteiger partial charge is 0.332 e. The molecule has 10 heteroatoms. The van der Waals surface area contributed by atoms with Gasteiger partial charge in [0.2, 0.25) is 5.78 Å². The largest absolute Gasteiger partial charge is 0.379 e. The highest BCUT2D eigenvalue weighted by Gasteiger charge is 2.21. The molecular formula is C22H25BrN6O3. The van der Waals surface area contributed by atoms with Gasteiger partial charge in [-0.2, -0.15) is 4.98 Å². The van der Waals surface area contributed by atoms with Gasteiger partial charge in [0.05, 0.1) is 18.9 Å². The highest BCUT2D eigenvalue weighted by atomic mass is 79.9. The summed E-state index contributed by atoms with van der Waals surface area (Å²) < 4.78 is 13.0. The molecule has 1 aliphatic rings. The Morgan fingerprint density at radius 1 is 1.03 bits per heavy atom.